The molecule has 0 fully saturated rings. The molecule has 0 aliphatic carbocycles. The van der Waals surface area contributed by atoms with Crippen LogP contribution in [0.2, 0.25) is 10.0 Å². The van der Waals surface area contributed by atoms with Crippen LogP contribution in [0.25, 0.3) is 10.9 Å². The number of halogens is 2. The molecule has 0 aliphatic rings. The summed E-state index contributed by atoms with van der Waals surface area (Å²) in [5.41, 5.74) is 3.90. The van der Waals surface area contributed by atoms with Crippen molar-refractivity contribution < 1.29 is 4.65 Å². The van der Waals surface area contributed by atoms with Gasteiger partial charge >= 0.3 is 6.92 Å². The van der Waals surface area contributed by atoms with Crippen LogP contribution in [0.3, 0.4) is 0 Å². The first-order valence-electron chi connectivity index (χ1n) is 8.64. The number of para-hydroxylation sites is 1. The van der Waals surface area contributed by atoms with Crippen molar-refractivity contribution in [2.45, 2.75) is 6.92 Å². The molecule has 0 saturated carbocycles. The number of fused-ring (bicyclic) bond motifs is 1. The fourth-order valence-corrected chi connectivity index (χ4v) is 3.64. The third-order valence-electron chi connectivity index (χ3n) is 4.51. The van der Waals surface area contributed by atoms with Crippen molar-refractivity contribution in [3.8, 4) is 5.75 Å². The smallest absolute Gasteiger partial charge is 0.426 e. The Morgan fingerprint density at radius 3 is 2.44 bits per heavy atom. The quantitative estimate of drug-likeness (QED) is 0.455. The highest BCUT2D eigenvalue weighted by atomic mass is 35.5. The maximum Gasteiger partial charge on any atom is 0.426 e. The van der Waals surface area contributed by atoms with E-state index in [-0.39, 0.29) is 6.92 Å². The summed E-state index contributed by atoms with van der Waals surface area (Å²) in [6.07, 6.45) is 1.77. The summed E-state index contributed by atoms with van der Waals surface area (Å²) in [4.78, 5) is 4.50. The van der Waals surface area contributed by atoms with Gasteiger partial charge in [0, 0.05) is 21.6 Å². The number of rotatable bonds is 4. The van der Waals surface area contributed by atoms with Crippen LogP contribution < -0.4 is 15.6 Å². The van der Waals surface area contributed by atoms with E-state index in [1.54, 1.807) is 6.20 Å². The zero-order valence-corrected chi connectivity index (χ0v) is 16.2. The van der Waals surface area contributed by atoms with E-state index in [2.05, 4.69) is 4.98 Å². The Labute approximate surface area is 168 Å². The first-order chi connectivity index (χ1) is 13.1. The number of hydrogen-bond acceptors (Lipinski definition) is 2. The van der Waals surface area contributed by atoms with E-state index >= 15 is 0 Å². The molecule has 27 heavy (non-hydrogen) atoms. The lowest BCUT2D eigenvalue weighted by atomic mass is 9.54. The highest BCUT2D eigenvalue weighted by Crippen LogP contribution is 2.24. The van der Waals surface area contributed by atoms with Crippen LogP contribution in [0, 0.1) is 6.92 Å². The fourth-order valence-electron chi connectivity index (χ4n) is 3.21. The number of nitrogens with zero attached hydrogens (tertiary/aromatic N) is 1. The largest absolute Gasteiger partial charge is 0.550 e. The van der Waals surface area contributed by atoms with Crippen molar-refractivity contribution in [1.82, 2.24) is 4.98 Å². The molecule has 0 spiro atoms. The molecule has 0 unspecified atom stereocenters. The maximum absolute atomic E-state index is 6.51. The number of benzene rings is 3. The van der Waals surface area contributed by atoms with Crippen LogP contribution in [0.4, 0.5) is 0 Å². The average molecular weight is 392 g/mol. The third kappa shape index (κ3) is 3.80. The fraction of sp³-hybridized carbons (Fsp3) is 0.0455. The van der Waals surface area contributed by atoms with Gasteiger partial charge in [0.25, 0.3) is 0 Å². The van der Waals surface area contributed by atoms with Gasteiger partial charge in [0.05, 0.1) is 0 Å². The Hall–Kier alpha value is -2.49. The summed E-state index contributed by atoms with van der Waals surface area (Å²) < 4.78 is 6.51. The minimum absolute atomic E-state index is 0.325. The molecule has 0 bridgehead atoms. The highest BCUT2D eigenvalue weighted by molar-refractivity contribution is 6.81. The monoisotopic (exact) mass is 391 g/mol. The lowest BCUT2D eigenvalue weighted by Crippen LogP contribution is -2.48. The summed E-state index contributed by atoms with van der Waals surface area (Å²) in [6.45, 7) is 1.71. The SMILES string of the molecule is Cc1cc(Cl)ccc1B(Oc1cccc2cccnc12)c1cccc(Cl)c1. The molecule has 0 N–H and O–H groups in total. The van der Waals surface area contributed by atoms with Crippen molar-refractivity contribution >= 4 is 51.9 Å². The second kappa shape index (κ2) is 7.63. The topological polar surface area (TPSA) is 22.1 Å². The molecule has 4 rings (SSSR count). The maximum atomic E-state index is 6.51. The second-order valence-electron chi connectivity index (χ2n) is 6.39. The van der Waals surface area contributed by atoms with Gasteiger partial charge in [0.1, 0.15) is 11.3 Å². The molecule has 1 heterocycles. The minimum atomic E-state index is -0.325. The van der Waals surface area contributed by atoms with E-state index in [1.807, 2.05) is 79.7 Å². The minimum Gasteiger partial charge on any atom is -0.550 e. The van der Waals surface area contributed by atoms with Gasteiger partial charge in [0.2, 0.25) is 0 Å². The van der Waals surface area contributed by atoms with Crippen LogP contribution in [0.5, 0.6) is 5.75 Å². The van der Waals surface area contributed by atoms with Gasteiger partial charge in [-0.25, -0.2) is 0 Å². The van der Waals surface area contributed by atoms with E-state index in [1.165, 1.54) is 0 Å². The normalized spacial score (nSPS) is 10.8. The van der Waals surface area contributed by atoms with Crippen LogP contribution in [-0.2, 0) is 0 Å². The van der Waals surface area contributed by atoms with Crippen LogP contribution in [0.1, 0.15) is 5.56 Å². The van der Waals surface area contributed by atoms with E-state index in [0.717, 1.165) is 33.1 Å². The molecule has 132 valence electrons. The van der Waals surface area contributed by atoms with Crippen molar-refractivity contribution in [3.63, 3.8) is 0 Å². The zero-order chi connectivity index (χ0) is 18.8. The Balaban J connectivity index is 1.85. The molecule has 0 saturated heterocycles. The standard InChI is InChI=1S/C22H16BCl2NO/c1-15-13-19(25)10-11-20(15)23(17-7-3-8-18(24)14-17)27-21-9-2-5-16-6-4-12-26-22(16)21/h2-14H,1H3. The molecular weight excluding hydrogens is 376 g/mol. The predicted octanol–water partition coefficient (Wildman–Crippen LogP) is 5.03. The van der Waals surface area contributed by atoms with E-state index < -0.39 is 0 Å². The van der Waals surface area contributed by atoms with Gasteiger partial charge in [-0.3, -0.25) is 4.98 Å². The number of hydrogen-bond donors (Lipinski definition) is 0. The number of pyridine rings is 1. The summed E-state index contributed by atoms with van der Waals surface area (Å²) in [6, 6.07) is 23.4. The molecular formula is C22H16BCl2NO. The molecule has 0 atom stereocenters. The summed E-state index contributed by atoms with van der Waals surface area (Å²) in [7, 11) is 0. The molecule has 1 aromatic heterocycles. The van der Waals surface area contributed by atoms with Crippen LogP contribution in [0.15, 0.2) is 79.0 Å². The lowest BCUT2D eigenvalue weighted by Gasteiger charge is -2.19. The number of aryl methyl sites for hydroxylation is 1. The lowest BCUT2D eigenvalue weighted by molar-refractivity contribution is 0.597. The number of aromatic nitrogens is 1. The first-order valence-corrected chi connectivity index (χ1v) is 9.39. The van der Waals surface area contributed by atoms with Gasteiger partial charge in [-0.15, -0.1) is 0 Å². The summed E-state index contributed by atoms with van der Waals surface area (Å²) >= 11 is 12.4. The van der Waals surface area contributed by atoms with Gasteiger partial charge in [-0.1, -0.05) is 65.2 Å². The molecule has 2 nitrogen and oxygen atoms in total. The second-order valence-corrected chi connectivity index (χ2v) is 7.26. The first kappa shape index (κ1) is 17.9. The van der Waals surface area contributed by atoms with Crippen molar-refractivity contribution in [1.29, 1.82) is 0 Å². The Morgan fingerprint density at radius 1 is 0.852 bits per heavy atom. The molecule has 4 aromatic rings. The summed E-state index contributed by atoms with van der Waals surface area (Å²) in [5, 5.41) is 2.41. The van der Waals surface area contributed by atoms with Crippen LogP contribution in [-0.4, -0.2) is 11.9 Å². The van der Waals surface area contributed by atoms with Gasteiger partial charge in [-0.2, -0.15) is 0 Å². The highest BCUT2D eigenvalue weighted by Gasteiger charge is 2.26. The van der Waals surface area contributed by atoms with Gasteiger partial charge in [-0.05, 0) is 54.2 Å². The molecule has 0 radical (unpaired) electrons. The third-order valence-corrected chi connectivity index (χ3v) is 4.98. The molecule has 3 aromatic carbocycles. The van der Waals surface area contributed by atoms with Crippen molar-refractivity contribution in [3.05, 3.63) is 94.6 Å². The van der Waals surface area contributed by atoms with Crippen LogP contribution >= 0.6 is 23.2 Å². The Morgan fingerprint density at radius 2 is 1.63 bits per heavy atom. The molecule has 0 amide bonds. The predicted molar refractivity (Wildman–Crippen MR) is 115 cm³/mol. The Bertz CT molecular complexity index is 1110. The Kier molecular flexibility index (Phi) is 5.06. The van der Waals surface area contributed by atoms with E-state index in [9.17, 15) is 0 Å². The molecule has 5 heteroatoms. The molecule has 0 aliphatic heterocycles. The van der Waals surface area contributed by atoms with Gasteiger partial charge in [0.15, 0.2) is 0 Å². The van der Waals surface area contributed by atoms with Gasteiger partial charge < -0.3 is 4.65 Å². The average Bonchev–Trinajstić information content (AvgIpc) is 2.67. The summed E-state index contributed by atoms with van der Waals surface area (Å²) in [5.74, 6) is 0.729. The van der Waals surface area contributed by atoms with Crippen molar-refractivity contribution in [2.24, 2.45) is 0 Å². The van der Waals surface area contributed by atoms with E-state index in [4.69, 9.17) is 27.9 Å². The van der Waals surface area contributed by atoms with E-state index in [0.29, 0.717) is 10.0 Å². The zero-order valence-electron chi connectivity index (χ0n) is 14.7. The van der Waals surface area contributed by atoms with Crippen molar-refractivity contribution in [2.75, 3.05) is 0 Å².